The summed E-state index contributed by atoms with van der Waals surface area (Å²) in [6.45, 7) is 8.96. The molecule has 0 spiro atoms. The predicted molar refractivity (Wildman–Crippen MR) is 85.0 cm³/mol. The quantitative estimate of drug-likeness (QED) is 0.658. The van der Waals surface area contributed by atoms with Crippen molar-refractivity contribution in [2.45, 2.75) is 32.4 Å². The minimum Gasteiger partial charge on any atom is -0.390 e. The number of carbonyl (C=O) groups is 1. The first kappa shape index (κ1) is 18.4. The summed E-state index contributed by atoms with van der Waals surface area (Å²) in [6.07, 6.45) is 0.358. The van der Waals surface area contributed by atoms with E-state index in [9.17, 15) is 9.90 Å². The number of aliphatic hydroxyl groups is 1. The van der Waals surface area contributed by atoms with Gasteiger partial charge in [0.05, 0.1) is 12.1 Å². The second-order valence-corrected chi connectivity index (χ2v) is 6.39. The van der Waals surface area contributed by atoms with Gasteiger partial charge in [-0.1, -0.05) is 20.3 Å². The second kappa shape index (κ2) is 8.68. The molecule has 1 saturated heterocycles. The lowest BCUT2D eigenvalue weighted by Crippen LogP contribution is -2.51. The highest BCUT2D eigenvalue weighted by molar-refractivity contribution is 5.81. The van der Waals surface area contributed by atoms with Crippen LogP contribution in [-0.4, -0.2) is 91.2 Å². The van der Waals surface area contributed by atoms with Crippen molar-refractivity contribution in [3.8, 4) is 0 Å². The Kier molecular flexibility index (Phi) is 7.59. The van der Waals surface area contributed by atoms with Crippen molar-refractivity contribution >= 4 is 5.91 Å². The molecule has 0 aromatic heterocycles. The van der Waals surface area contributed by atoms with Crippen molar-refractivity contribution in [2.24, 2.45) is 11.7 Å². The largest absolute Gasteiger partial charge is 0.390 e. The molecule has 0 bridgehead atoms. The summed E-state index contributed by atoms with van der Waals surface area (Å²) in [5.74, 6) is 0.0801. The van der Waals surface area contributed by atoms with Gasteiger partial charge in [0, 0.05) is 46.3 Å². The van der Waals surface area contributed by atoms with E-state index in [1.165, 1.54) is 0 Å². The molecule has 3 atom stereocenters. The van der Waals surface area contributed by atoms with Gasteiger partial charge >= 0.3 is 0 Å². The molecule has 0 saturated carbocycles. The van der Waals surface area contributed by atoms with Crippen molar-refractivity contribution < 1.29 is 9.90 Å². The van der Waals surface area contributed by atoms with E-state index >= 15 is 0 Å². The minimum atomic E-state index is -0.522. The molecular weight excluding hydrogens is 268 g/mol. The lowest BCUT2D eigenvalue weighted by atomic mass is 9.99. The first-order valence-corrected chi connectivity index (χ1v) is 7.94. The summed E-state index contributed by atoms with van der Waals surface area (Å²) in [5, 5.41) is 10.2. The highest BCUT2D eigenvalue weighted by Crippen LogP contribution is 2.08. The Hall–Kier alpha value is -0.690. The van der Waals surface area contributed by atoms with Crippen molar-refractivity contribution in [3.05, 3.63) is 0 Å². The average molecular weight is 300 g/mol. The predicted octanol–water partition coefficient (Wildman–Crippen LogP) is -0.573. The molecule has 3 N–H and O–H groups in total. The summed E-state index contributed by atoms with van der Waals surface area (Å²) in [4.78, 5) is 18.3. The van der Waals surface area contributed by atoms with Gasteiger partial charge in [0.1, 0.15) is 0 Å². The number of nitrogens with two attached hydrogens (primary N) is 1. The zero-order valence-electron chi connectivity index (χ0n) is 14.0. The van der Waals surface area contributed by atoms with E-state index in [1.54, 1.807) is 11.9 Å². The molecule has 0 aliphatic carbocycles. The lowest BCUT2D eigenvalue weighted by Gasteiger charge is -2.34. The van der Waals surface area contributed by atoms with Crippen LogP contribution in [0.5, 0.6) is 0 Å². The van der Waals surface area contributed by atoms with Crippen LogP contribution in [-0.2, 0) is 4.79 Å². The monoisotopic (exact) mass is 300 g/mol. The van der Waals surface area contributed by atoms with Crippen LogP contribution in [0.15, 0.2) is 0 Å². The molecule has 0 radical (unpaired) electrons. The Morgan fingerprint density at radius 3 is 2.43 bits per heavy atom. The van der Waals surface area contributed by atoms with E-state index in [0.29, 0.717) is 13.1 Å². The number of aliphatic hydroxyl groups excluding tert-OH is 1. The van der Waals surface area contributed by atoms with Gasteiger partial charge in [0.2, 0.25) is 5.91 Å². The van der Waals surface area contributed by atoms with E-state index in [2.05, 4.69) is 16.8 Å². The van der Waals surface area contributed by atoms with E-state index in [-0.39, 0.29) is 11.8 Å². The molecule has 1 rings (SSSR count). The normalized spacial score (nSPS) is 21.8. The van der Waals surface area contributed by atoms with Crippen molar-refractivity contribution in [2.75, 3.05) is 53.4 Å². The summed E-state index contributed by atoms with van der Waals surface area (Å²) in [5.41, 5.74) is 5.96. The van der Waals surface area contributed by atoms with Gasteiger partial charge in [0.15, 0.2) is 0 Å². The van der Waals surface area contributed by atoms with Crippen LogP contribution in [0, 0.1) is 5.92 Å². The fourth-order valence-corrected chi connectivity index (χ4v) is 2.54. The fourth-order valence-electron chi connectivity index (χ4n) is 2.54. The molecule has 124 valence electrons. The Morgan fingerprint density at radius 1 is 1.33 bits per heavy atom. The zero-order valence-corrected chi connectivity index (χ0v) is 14.0. The maximum atomic E-state index is 12.2. The Bertz CT molecular complexity index is 319. The van der Waals surface area contributed by atoms with Crippen molar-refractivity contribution in [1.82, 2.24) is 14.7 Å². The van der Waals surface area contributed by atoms with Crippen molar-refractivity contribution in [3.63, 3.8) is 0 Å². The van der Waals surface area contributed by atoms with Crippen LogP contribution in [0.25, 0.3) is 0 Å². The topological polar surface area (TPSA) is 73.0 Å². The number of amides is 1. The fraction of sp³-hybridized carbons (Fsp3) is 0.933. The number of hydrogen-bond donors (Lipinski definition) is 2. The van der Waals surface area contributed by atoms with Crippen LogP contribution < -0.4 is 5.73 Å². The van der Waals surface area contributed by atoms with Gasteiger partial charge in [-0.3, -0.25) is 9.69 Å². The van der Waals surface area contributed by atoms with Gasteiger partial charge in [-0.2, -0.15) is 0 Å². The molecule has 1 heterocycles. The maximum absolute atomic E-state index is 12.2. The summed E-state index contributed by atoms with van der Waals surface area (Å²) in [7, 11) is 3.83. The lowest BCUT2D eigenvalue weighted by molar-refractivity contribution is -0.133. The number of piperazine rings is 1. The summed E-state index contributed by atoms with van der Waals surface area (Å²) >= 11 is 0. The molecule has 6 nitrogen and oxygen atoms in total. The van der Waals surface area contributed by atoms with Gasteiger partial charge in [-0.05, 0) is 13.0 Å². The zero-order chi connectivity index (χ0) is 16.0. The van der Waals surface area contributed by atoms with Crippen LogP contribution in [0.4, 0.5) is 0 Å². The molecule has 3 unspecified atom stereocenters. The summed E-state index contributed by atoms with van der Waals surface area (Å²) < 4.78 is 0. The third-order valence-corrected chi connectivity index (χ3v) is 4.47. The Balaban J connectivity index is 2.36. The highest BCUT2D eigenvalue weighted by Gasteiger charge is 2.25. The third-order valence-electron chi connectivity index (χ3n) is 4.47. The maximum Gasteiger partial charge on any atom is 0.239 e. The van der Waals surface area contributed by atoms with E-state index in [1.807, 2.05) is 13.8 Å². The van der Waals surface area contributed by atoms with Gasteiger partial charge < -0.3 is 20.6 Å². The van der Waals surface area contributed by atoms with Gasteiger partial charge in [-0.15, -0.1) is 0 Å². The smallest absolute Gasteiger partial charge is 0.239 e. The molecule has 21 heavy (non-hydrogen) atoms. The SMILES string of the molecule is CCC(C)C(N)C(=O)N(C)CC(O)CN1CCN(C)CC1. The number of likely N-dealkylation sites (N-methyl/N-ethyl adjacent to an activating group) is 2. The molecular formula is C15H32N4O2. The van der Waals surface area contributed by atoms with Crippen LogP contribution >= 0.6 is 0 Å². The minimum absolute atomic E-state index is 0.0817. The molecule has 0 aromatic rings. The Morgan fingerprint density at radius 2 is 1.90 bits per heavy atom. The number of carbonyl (C=O) groups excluding carboxylic acids is 1. The molecule has 1 amide bonds. The van der Waals surface area contributed by atoms with Gasteiger partial charge in [-0.25, -0.2) is 0 Å². The highest BCUT2D eigenvalue weighted by atomic mass is 16.3. The van der Waals surface area contributed by atoms with Crippen LogP contribution in [0.1, 0.15) is 20.3 Å². The average Bonchev–Trinajstić information content (AvgIpc) is 2.47. The molecule has 0 aromatic carbocycles. The first-order chi connectivity index (χ1) is 9.85. The summed E-state index contributed by atoms with van der Waals surface area (Å²) in [6, 6.07) is -0.476. The number of β-amino-alcohol motifs (C(OH)–C–C–N with tert-alkyl or cyclic N) is 1. The third kappa shape index (κ3) is 5.90. The molecule has 1 fully saturated rings. The molecule has 6 heteroatoms. The van der Waals surface area contributed by atoms with Crippen LogP contribution in [0.2, 0.25) is 0 Å². The Labute approximate surface area is 128 Å². The molecule has 1 aliphatic heterocycles. The van der Waals surface area contributed by atoms with E-state index < -0.39 is 12.1 Å². The molecule has 1 aliphatic rings. The van der Waals surface area contributed by atoms with E-state index in [0.717, 1.165) is 32.6 Å². The van der Waals surface area contributed by atoms with Crippen molar-refractivity contribution in [1.29, 1.82) is 0 Å². The number of hydrogen-bond acceptors (Lipinski definition) is 5. The van der Waals surface area contributed by atoms with Gasteiger partial charge in [0.25, 0.3) is 0 Å². The number of nitrogens with zero attached hydrogens (tertiary/aromatic N) is 3. The van der Waals surface area contributed by atoms with Crippen LogP contribution in [0.3, 0.4) is 0 Å². The standard InChI is InChI=1S/C15H32N4O2/c1-5-12(2)14(16)15(21)18(4)10-13(20)11-19-8-6-17(3)7-9-19/h12-14,20H,5-11,16H2,1-4H3. The van der Waals surface area contributed by atoms with E-state index in [4.69, 9.17) is 5.73 Å². The second-order valence-electron chi connectivity index (χ2n) is 6.39. The first-order valence-electron chi connectivity index (χ1n) is 7.94. The number of rotatable bonds is 7.